The average Bonchev–Trinajstić information content (AvgIpc) is 3.38. The van der Waals surface area contributed by atoms with Crippen LogP contribution >= 0.6 is 0 Å². The van der Waals surface area contributed by atoms with E-state index in [9.17, 15) is 9.59 Å². The fraction of sp³-hybridized carbons (Fsp3) is 0.100. The van der Waals surface area contributed by atoms with Crippen LogP contribution in [0.5, 0.6) is 0 Å². The van der Waals surface area contributed by atoms with Gasteiger partial charge in [0.15, 0.2) is 11.5 Å². The summed E-state index contributed by atoms with van der Waals surface area (Å²) in [4.78, 5) is 33.9. The molecule has 0 saturated heterocycles. The summed E-state index contributed by atoms with van der Waals surface area (Å²) in [5.41, 5.74) is 2.08. The Bertz CT molecular complexity index is 1480. The van der Waals surface area contributed by atoms with Gasteiger partial charge in [0.2, 0.25) is 0 Å². The number of aromatic amines is 1. The van der Waals surface area contributed by atoms with Gasteiger partial charge in [-0.05, 0) is 13.0 Å². The van der Waals surface area contributed by atoms with Gasteiger partial charge >= 0.3 is 5.97 Å². The van der Waals surface area contributed by atoms with Crippen LogP contribution in [-0.4, -0.2) is 47.4 Å². The number of benzene rings is 1. The number of nitrogens with one attached hydrogen (secondary N) is 1. The summed E-state index contributed by atoms with van der Waals surface area (Å²) in [6, 6.07) is 11.2. The van der Waals surface area contributed by atoms with Crippen molar-refractivity contribution in [1.82, 2.24) is 34.3 Å². The normalized spacial score (nSPS) is 11.3. The van der Waals surface area contributed by atoms with E-state index in [4.69, 9.17) is 4.74 Å². The summed E-state index contributed by atoms with van der Waals surface area (Å²) in [5.74, 6) is 0.237. The average molecular weight is 401 g/mol. The highest BCUT2D eigenvalue weighted by molar-refractivity contribution is 5.98. The number of carbonyl (C=O) groups excluding carboxylic acids is 1. The Kier molecular flexibility index (Phi) is 3.91. The number of pyridine rings is 1. The van der Waals surface area contributed by atoms with Crippen molar-refractivity contribution in [2.45, 2.75) is 6.92 Å². The molecule has 0 aliphatic rings. The molecular weight excluding hydrogens is 386 g/mol. The summed E-state index contributed by atoms with van der Waals surface area (Å²) in [6.07, 6.45) is 2.98. The number of esters is 1. The number of nitrogens with zero attached hydrogens (tertiary/aromatic N) is 6. The van der Waals surface area contributed by atoms with Crippen LogP contribution in [0.1, 0.15) is 16.1 Å². The molecule has 0 spiro atoms. The van der Waals surface area contributed by atoms with Gasteiger partial charge < -0.3 is 4.74 Å². The number of rotatable bonds is 3. The predicted molar refractivity (Wildman–Crippen MR) is 108 cm³/mol. The Morgan fingerprint density at radius 1 is 1.17 bits per heavy atom. The number of ether oxygens (including phenoxy) is 1. The molecule has 1 aromatic carbocycles. The molecule has 148 valence electrons. The minimum absolute atomic E-state index is 0.216. The molecule has 0 saturated carbocycles. The lowest BCUT2D eigenvalue weighted by Gasteiger charge is -2.04. The van der Waals surface area contributed by atoms with E-state index in [1.807, 2.05) is 30.3 Å². The van der Waals surface area contributed by atoms with Crippen LogP contribution in [0.25, 0.3) is 33.9 Å². The number of methoxy groups -OCH3 is 1. The zero-order valence-corrected chi connectivity index (χ0v) is 16.0. The SMILES string of the molecule is COC(=O)c1c(C)nn2c1ncc1c(=O)n(-c3n[nH]c(-c4ccccc4)n3)ccc12. The zero-order chi connectivity index (χ0) is 20.8. The highest BCUT2D eigenvalue weighted by Gasteiger charge is 2.21. The van der Waals surface area contributed by atoms with Crippen LogP contribution in [0.3, 0.4) is 0 Å². The predicted octanol–water partition coefficient (Wildman–Crippen LogP) is 1.91. The molecule has 10 heteroatoms. The van der Waals surface area contributed by atoms with Crippen LogP contribution < -0.4 is 5.56 Å². The molecule has 1 N–H and O–H groups in total. The van der Waals surface area contributed by atoms with Crippen molar-refractivity contribution in [1.29, 1.82) is 0 Å². The summed E-state index contributed by atoms with van der Waals surface area (Å²) < 4.78 is 7.61. The van der Waals surface area contributed by atoms with E-state index in [2.05, 4.69) is 25.3 Å². The van der Waals surface area contributed by atoms with Crippen molar-refractivity contribution < 1.29 is 9.53 Å². The largest absolute Gasteiger partial charge is 0.465 e. The first-order valence-corrected chi connectivity index (χ1v) is 9.04. The van der Waals surface area contributed by atoms with Gasteiger partial charge in [-0.1, -0.05) is 30.3 Å². The Hall–Kier alpha value is -4.34. The number of hydrogen-bond acceptors (Lipinski definition) is 7. The first kappa shape index (κ1) is 17.7. The van der Waals surface area contributed by atoms with E-state index in [0.29, 0.717) is 28.1 Å². The molecule has 4 heterocycles. The molecule has 0 aliphatic heterocycles. The lowest BCUT2D eigenvalue weighted by molar-refractivity contribution is 0.0602. The second-order valence-corrected chi connectivity index (χ2v) is 6.59. The monoisotopic (exact) mass is 401 g/mol. The molecule has 0 atom stereocenters. The maximum absolute atomic E-state index is 13.1. The summed E-state index contributed by atoms with van der Waals surface area (Å²) in [7, 11) is 1.30. The molecule has 0 aliphatic carbocycles. The standard InChI is InChI=1S/C20H15N7O3/c1-11-15(19(29)30-2)17-21-10-13-14(27(17)25-11)8-9-26(18(13)28)20-22-16(23-24-20)12-6-4-3-5-7-12/h3-10H,1-2H3,(H,22,23,24). The fourth-order valence-corrected chi connectivity index (χ4v) is 3.36. The summed E-state index contributed by atoms with van der Waals surface area (Å²) >= 11 is 0. The molecule has 0 fully saturated rings. The van der Waals surface area contributed by atoms with Crippen LogP contribution in [0.4, 0.5) is 0 Å². The maximum Gasteiger partial charge on any atom is 0.343 e. The lowest BCUT2D eigenvalue weighted by atomic mass is 10.2. The highest BCUT2D eigenvalue weighted by atomic mass is 16.5. The van der Waals surface area contributed by atoms with E-state index in [0.717, 1.165) is 5.56 Å². The molecule has 5 rings (SSSR count). The van der Waals surface area contributed by atoms with Crippen LogP contribution in [-0.2, 0) is 4.74 Å². The third-order valence-electron chi connectivity index (χ3n) is 4.81. The minimum atomic E-state index is -0.531. The van der Waals surface area contributed by atoms with Crippen molar-refractivity contribution in [2.24, 2.45) is 0 Å². The van der Waals surface area contributed by atoms with Crippen LogP contribution in [0.15, 0.2) is 53.6 Å². The van der Waals surface area contributed by atoms with E-state index in [1.54, 1.807) is 19.2 Å². The van der Waals surface area contributed by atoms with Gasteiger partial charge in [-0.15, -0.1) is 5.10 Å². The van der Waals surface area contributed by atoms with Gasteiger partial charge in [0.1, 0.15) is 5.56 Å². The van der Waals surface area contributed by atoms with Gasteiger partial charge in [-0.2, -0.15) is 10.1 Å². The highest BCUT2D eigenvalue weighted by Crippen LogP contribution is 2.19. The van der Waals surface area contributed by atoms with E-state index in [1.165, 1.54) is 22.4 Å². The Morgan fingerprint density at radius 3 is 2.73 bits per heavy atom. The number of aryl methyl sites for hydroxylation is 1. The first-order valence-electron chi connectivity index (χ1n) is 9.04. The number of carbonyl (C=O) groups is 1. The number of fused-ring (bicyclic) bond motifs is 3. The third-order valence-corrected chi connectivity index (χ3v) is 4.81. The van der Waals surface area contributed by atoms with Crippen molar-refractivity contribution >= 4 is 22.5 Å². The fourth-order valence-electron chi connectivity index (χ4n) is 3.36. The molecule has 5 aromatic rings. The van der Waals surface area contributed by atoms with Gasteiger partial charge in [0.05, 0.1) is 23.7 Å². The molecular formula is C20H15N7O3. The maximum atomic E-state index is 13.1. The first-order chi connectivity index (χ1) is 14.6. The zero-order valence-electron chi connectivity index (χ0n) is 16.0. The molecule has 4 aromatic heterocycles. The van der Waals surface area contributed by atoms with Crippen molar-refractivity contribution in [3.8, 4) is 17.3 Å². The second-order valence-electron chi connectivity index (χ2n) is 6.59. The van der Waals surface area contributed by atoms with Crippen molar-refractivity contribution in [2.75, 3.05) is 7.11 Å². The summed E-state index contributed by atoms with van der Waals surface area (Å²) in [6.45, 7) is 1.69. The smallest absolute Gasteiger partial charge is 0.343 e. The Labute approximate surface area is 168 Å². The van der Waals surface area contributed by atoms with Crippen LogP contribution in [0, 0.1) is 6.92 Å². The number of aromatic nitrogens is 7. The van der Waals surface area contributed by atoms with Gasteiger partial charge in [0.25, 0.3) is 11.5 Å². The van der Waals surface area contributed by atoms with Gasteiger partial charge in [0, 0.05) is 18.0 Å². The quantitative estimate of drug-likeness (QED) is 0.459. The topological polar surface area (TPSA) is 120 Å². The minimum Gasteiger partial charge on any atom is -0.465 e. The third kappa shape index (κ3) is 2.58. The molecule has 30 heavy (non-hydrogen) atoms. The molecule has 0 unspecified atom stereocenters. The lowest BCUT2D eigenvalue weighted by Crippen LogP contribution is -2.20. The van der Waals surface area contributed by atoms with Gasteiger partial charge in [-0.25, -0.2) is 18.9 Å². The van der Waals surface area contributed by atoms with Gasteiger partial charge in [-0.3, -0.25) is 9.89 Å². The van der Waals surface area contributed by atoms with E-state index < -0.39 is 5.97 Å². The van der Waals surface area contributed by atoms with Crippen molar-refractivity contribution in [3.63, 3.8) is 0 Å². The molecule has 0 bridgehead atoms. The number of hydrogen-bond donors (Lipinski definition) is 1. The van der Waals surface area contributed by atoms with E-state index in [-0.39, 0.29) is 17.1 Å². The van der Waals surface area contributed by atoms with E-state index >= 15 is 0 Å². The molecule has 0 radical (unpaired) electrons. The van der Waals surface area contributed by atoms with Crippen LogP contribution in [0.2, 0.25) is 0 Å². The Balaban J connectivity index is 1.67. The summed E-state index contributed by atoms with van der Waals surface area (Å²) in [5, 5.41) is 11.7. The molecule has 10 nitrogen and oxygen atoms in total. The number of H-pyrrole nitrogens is 1. The molecule has 0 amide bonds. The Morgan fingerprint density at radius 2 is 1.97 bits per heavy atom. The van der Waals surface area contributed by atoms with Crippen molar-refractivity contribution in [3.05, 3.63) is 70.4 Å². The second kappa shape index (κ2) is 6.62.